The van der Waals surface area contributed by atoms with Gasteiger partial charge in [-0.15, -0.1) is 0 Å². The summed E-state index contributed by atoms with van der Waals surface area (Å²) in [6.45, 7) is -0.743. The molecule has 1 N–H and O–H groups in total. The van der Waals surface area contributed by atoms with E-state index in [1.807, 2.05) is 0 Å². The second-order valence-corrected chi connectivity index (χ2v) is 5.22. The van der Waals surface area contributed by atoms with Crippen LogP contribution in [0.15, 0.2) is 36.4 Å². The molecule has 0 amide bonds. The first-order valence-electron chi connectivity index (χ1n) is 7.43. The smallest absolute Gasteiger partial charge is 0.317 e. The van der Waals surface area contributed by atoms with Gasteiger partial charge in [-0.2, -0.15) is 0 Å². The Labute approximate surface area is 159 Å². The minimum absolute atomic E-state index is 0.415. The third kappa shape index (κ3) is 5.07. The number of rotatable bonds is 9. The Morgan fingerprint density at radius 1 is 0.759 bits per heavy atom. The molecule has 152 valence electrons. The number of hydrogen-bond acceptors (Lipinski definition) is 11. The lowest BCUT2D eigenvalue weighted by molar-refractivity contribution is -0.395. The van der Waals surface area contributed by atoms with Gasteiger partial charge in [0.2, 0.25) is 12.0 Å². The molecule has 0 spiro atoms. The molecule has 0 aliphatic heterocycles. The van der Waals surface area contributed by atoms with Crippen molar-refractivity contribution in [3.63, 3.8) is 0 Å². The minimum Gasteiger partial charge on any atom is -0.480 e. The van der Waals surface area contributed by atoms with Crippen LogP contribution in [-0.4, -0.2) is 37.7 Å². The molecule has 15 nitrogen and oxygen atoms in total. The van der Waals surface area contributed by atoms with Crippen LogP contribution >= 0.6 is 0 Å². The Balaban J connectivity index is 2.15. The van der Waals surface area contributed by atoms with Crippen LogP contribution in [0.25, 0.3) is 0 Å². The molecule has 0 bridgehead atoms. The van der Waals surface area contributed by atoms with Gasteiger partial charge in [-0.05, 0) is 12.1 Å². The second kappa shape index (κ2) is 8.53. The Kier molecular flexibility index (Phi) is 6.15. The molecule has 0 aromatic heterocycles. The van der Waals surface area contributed by atoms with Crippen molar-refractivity contribution in [1.82, 2.24) is 0 Å². The fourth-order valence-corrected chi connectivity index (χ4v) is 2.09. The Morgan fingerprint density at radius 2 is 1.21 bits per heavy atom. The van der Waals surface area contributed by atoms with Crippen molar-refractivity contribution in [1.29, 1.82) is 0 Å². The summed E-state index contributed by atoms with van der Waals surface area (Å²) in [5, 5.41) is 53.3. The molecule has 2 aromatic rings. The first kappa shape index (κ1) is 20.9. The largest absolute Gasteiger partial charge is 0.480 e. The monoisotopic (exact) mass is 410 g/mol. The van der Waals surface area contributed by atoms with Gasteiger partial charge >= 0.3 is 11.4 Å². The highest BCUT2D eigenvalue weighted by Gasteiger charge is 2.24. The maximum atomic E-state index is 11.0. The highest BCUT2D eigenvalue weighted by atomic mass is 16.7. The Hall–Kier alpha value is -4.40. The van der Waals surface area contributed by atoms with Crippen LogP contribution in [0.4, 0.5) is 22.7 Å². The molecule has 2 rings (SSSR count). The van der Waals surface area contributed by atoms with Gasteiger partial charge < -0.3 is 14.6 Å². The molecule has 0 saturated heterocycles. The number of aliphatic hydroxyl groups excluding tert-OH is 1. The summed E-state index contributed by atoms with van der Waals surface area (Å²) >= 11 is 0. The quantitative estimate of drug-likeness (QED) is 0.359. The number of nitro benzene ring substituents is 4. The normalized spacial score (nSPS) is 11.3. The molecule has 0 aliphatic carbocycles. The van der Waals surface area contributed by atoms with Gasteiger partial charge in [-0.3, -0.25) is 40.5 Å². The molecule has 1 atom stereocenters. The van der Waals surface area contributed by atoms with E-state index in [1.165, 1.54) is 0 Å². The summed E-state index contributed by atoms with van der Waals surface area (Å²) in [4.78, 5) is 39.8. The zero-order valence-electron chi connectivity index (χ0n) is 14.1. The predicted molar refractivity (Wildman–Crippen MR) is 91.6 cm³/mol. The molecular weight excluding hydrogens is 400 g/mol. The van der Waals surface area contributed by atoms with Gasteiger partial charge in [-0.1, -0.05) is 0 Å². The summed E-state index contributed by atoms with van der Waals surface area (Å²) in [6, 6.07) is 4.98. The van der Waals surface area contributed by atoms with Crippen LogP contribution in [-0.2, 0) is 0 Å². The van der Waals surface area contributed by atoms with Crippen LogP contribution in [0.2, 0.25) is 0 Å². The summed E-state index contributed by atoms with van der Waals surface area (Å²) < 4.78 is 9.93. The SMILES string of the molecule is O=[N+]([O-])c1ccc(OCC(O)Oc2ccc([N+](=O)[O-])cc2[N+](=O)[O-])c([N+](=O)[O-])c1. The summed E-state index contributed by atoms with van der Waals surface area (Å²) in [6.07, 6.45) is -1.86. The molecule has 1 unspecified atom stereocenters. The van der Waals surface area contributed by atoms with Crippen LogP contribution in [0, 0.1) is 40.5 Å². The predicted octanol–water partition coefficient (Wildman–Crippen LogP) is 2.10. The van der Waals surface area contributed by atoms with E-state index >= 15 is 0 Å². The number of aliphatic hydroxyl groups is 1. The molecule has 0 aliphatic rings. The lowest BCUT2D eigenvalue weighted by Gasteiger charge is -2.14. The number of hydrogen-bond donors (Lipinski definition) is 1. The minimum atomic E-state index is -1.86. The van der Waals surface area contributed by atoms with Crippen LogP contribution in [0.1, 0.15) is 0 Å². The van der Waals surface area contributed by atoms with E-state index in [9.17, 15) is 45.6 Å². The molecular formula is C14H10N4O11. The van der Waals surface area contributed by atoms with E-state index < -0.39 is 66.8 Å². The van der Waals surface area contributed by atoms with Crippen LogP contribution in [0.3, 0.4) is 0 Å². The third-order valence-corrected chi connectivity index (χ3v) is 3.34. The van der Waals surface area contributed by atoms with E-state index in [2.05, 4.69) is 0 Å². The van der Waals surface area contributed by atoms with Crippen molar-refractivity contribution >= 4 is 22.7 Å². The number of non-ortho nitro benzene ring substituents is 2. The third-order valence-electron chi connectivity index (χ3n) is 3.34. The second-order valence-electron chi connectivity index (χ2n) is 5.22. The van der Waals surface area contributed by atoms with Crippen molar-refractivity contribution in [3.8, 4) is 11.5 Å². The summed E-state index contributed by atoms with van der Waals surface area (Å²) in [5.41, 5.74) is -2.66. The average molecular weight is 410 g/mol. The van der Waals surface area contributed by atoms with Crippen molar-refractivity contribution in [2.75, 3.05) is 6.61 Å². The van der Waals surface area contributed by atoms with Crippen molar-refractivity contribution in [3.05, 3.63) is 76.9 Å². The topological polar surface area (TPSA) is 211 Å². The van der Waals surface area contributed by atoms with E-state index in [0.29, 0.717) is 12.1 Å². The lowest BCUT2D eigenvalue weighted by Crippen LogP contribution is -2.24. The first-order valence-corrected chi connectivity index (χ1v) is 7.43. The fourth-order valence-electron chi connectivity index (χ4n) is 2.09. The van der Waals surface area contributed by atoms with E-state index in [-0.39, 0.29) is 0 Å². The van der Waals surface area contributed by atoms with Gasteiger partial charge in [0, 0.05) is 12.1 Å². The van der Waals surface area contributed by atoms with Crippen LogP contribution in [0.5, 0.6) is 11.5 Å². The average Bonchev–Trinajstić information content (AvgIpc) is 2.65. The van der Waals surface area contributed by atoms with Gasteiger partial charge in [0.05, 0.1) is 31.8 Å². The molecule has 15 heteroatoms. The van der Waals surface area contributed by atoms with Gasteiger partial charge in [0.15, 0.2) is 12.4 Å². The summed E-state index contributed by atoms with van der Waals surface area (Å²) in [7, 11) is 0. The number of nitrogens with zero attached hydrogens (tertiary/aromatic N) is 4. The highest BCUT2D eigenvalue weighted by molar-refractivity contribution is 5.54. The molecule has 29 heavy (non-hydrogen) atoms. The highest BCUT2D eigenvalue weighted by Crippen LogP contribution is 2.33. The Bertz CT molecular complexity index is 994. The summed E-state index contributed by atoms with van der Waals surface area (Å²) in [5.74, 6) is -0.920. The molecule has 0 saturated carbocycles. The zero-order chi connectivity index (χ0) is 21.7. The molecule has 2 aromatic carbocycles. The first-order chi connectivity index (χ1) is 13.6. The fraction of sp³-hybridized carbons (Fsp3) is 0.143. The van der Waals surface area contributed by atoms with Gasteiger partial charge in [0.1, 0.15) is 0 Å². The van der Waals surface area contributed by atoms with Gasteiger partial charge in [-0.25, -0.2) is 0 Å². The van der Waals surface area contributed by atoms with E-state index in [0.717, 1.165) is 24.3 Å². The number of benzene rings is 2. The van der Waals surface area contributed by atoms with Crippen molar-refractivity contribution in [2.24, 2.45) is 0 Å². The maximum Gasteiger partial charge on any atom is 0.317 e. The lowest BCUT2D eigenvalue weighted by atomic mass is 10.2. The Morgan fingerprint density at radius 3 is 1.66 bits per heavy atom. The van der Waals surface area contributed by atoms with Crippen LogP contribution < -0.4 is 9.47 Å². The number of ether oxygens (including phenoxy) is 2. The number of nitro groups is 4. The van der Waals surface area contributed by atoms with Crippen molar-refractivity contribution in [2.45, 2.75) is 6.29 Å². The standard InChI is InChI=1S/C14H10N4O11/c19-14(29-13-4-2-9(16(22)23)6-11(13)18(26)27)7-28-12-3-1-8(15(20)21)5-10(12)17(24)25/h1-6,14,19H,7H2. The zero-order valence-corrected chi connectivity index (χ0v) is 14.1. The van der Waals surface area contributed by atoms with Gasteiger partial charge in [0.25, 0.3) is 11.4 Å². The molecule has 0 radical (unpaired) electrons. The van der Waals surface area contributed by atoms with E-state index in [1.54, 1.807) is 0 Å². The maximum absolute atomic E-state index is 11.0. The van der Waals surface area contributed by atoms with Crippen molar-refractivity contribution < 1.29 is 34.3 Å². The van der Waals surface area contributed by atoms with E-state index in [4.69, 9.17) is 9.47 Å². The molecule has 0 fully saturated rings. The molecule has 0 heterocycles.